The van der Waals surface area contributed by atoms with Gasteiger partial charge in [-0.15, -0.1) is 0 Å². The molecule has 0 aromatic heterocycles. The first-order valence-corrected chi connectivity index (χ1v) is 6.23. The van der Waals surface area contributed by atoms with E-state index >= 15 is 0 Å². The SMILES string of the molecule is N/C(=N\O)c1cccc(C(=O)Nc2cc(Cl)ccc2F)c1. The number of hydrogen-bond acceptors (Lipinski definition) is 3. The van der Waals surface area contributed by atoms with Crippen LogP contribution in [0, 0.1) is 5.82 Å². The summed E-state index contributed by atoms with van der Waals surface area (Å²) < 4.78 is 13.6. The van der Waals surface area contributed by atoms with Crippen molar-refractivity contribution >= 4 is 29.0 Å². The fourth-order valence-corrected chi connectivity index (χ4v) is 1.84. The number of halogens is 2. The summed E-state index contributed by atoms with van der Waals surface area (Å²) in [6.45, 7) is 0. The maximum Gasteiger partial charge on any atom is 0.255 e. The summed E-state index contributed by atoms with van der Waals surface area (Å²) >= 11 is 5.75. The van der Waals surface area contributed by atoms with E-state index in [4.69, 9.17) is 22.5 Å². The summed E-state index contributed by atoms with van der Waals surface area (Å²) in [5.74, 6) is -1.26. The zero-order valence-electron chi connectivity index (χ0n) is 10.7. The minimum Gasteiger partial charge on any atom is -0.409 e. The van der Waals surface area contributed by atoms with E-state index in [2.05, 4.69) is 10.5 Å². The molecule has 4 N–H and O–H groups in total. The lowest BCUT2D eigenvalue weighted by atomic mass is 10.1. The molecule has 0 bridgehead atoms. The van der Waals surface area contributed by atoms with Crippen molar-refractivity contribution < 1.29 is 14.4 Å². The van der Waals surface area contributed by atoms with Crippen LogP contribution in [0.25, 0.3) is 0 Å². The van der Waals surface area contributed by atoms with Gasteiger partial charge in [-0.05, 0) is 30.3 Å². The lowest BCUT2D eigenvalue weighted by Gasteiger charge is -2.08. The van der Waals surface area contributed by atoms with Gasteiger partial charge in [0.2, 0.25) is 0 Å². The number of amides is 1. The molecule has 108 valence electrons. The highest BCUT2D eigenvalue weighted by molar-refractivity contribution is 6.31. The molecule has 0 spiro atoms. The number of nitrogens with one attached hydrogen (secondary N) is 1. The Kier molecular flexibility index (Phi) is 4.39. The monoisotopic (exact) mass is 307 g/mol. The average molecular weight is 308 g/mol. The largest absolute Gasteiger partial charge is 0.409 e. The molecule has 2 aromatic carbocycles. The maximum atomic E-state index is 13.6. The Morgan fingerprint density at radius 1 is 1.24 bits per heavy atom. The van der Waals surface area contributed by atoms with E-state index in [1.165, 1.54) is 24.3 Å². The lowest BCUT2D eigenvalue weighted by molar-refractivity contribution is 0.102. The van der Waals surface area contributed by atoms with Crippen molar-refractivity contribution in [3.63, 3.8) is 0 Å². The molecule has 0 heterocycles. The van der Waals surface area contributed by atoms with Crippen molar-refractivity contribution in [2.45, 2.75) is 0 Å². The Labute approximate surface area is 124 Å². The predicted molar refractivity (Wildman–Crippen MR) is 78.3 cm³/mol. The number of benzene rings is 2. The van der Waals surface area contributed by atoms with Crippen LogP contribution in [0.1, 0.15) is 15.9 Å². The van der Waals surface area contributed by atoms with Crippen LogP contribution in [0.4, 0.5) is 10.1 Å². The first-order valence-electron chi connectivity index (χ1n) is 5.85. The zero-order chi connectivity index (χ0) is 15.4. The minimum atomic E-state index is -0.597. The second-order valence-electron chi connectivity index (χ2n) is 4.14. The Bertz CT molecular complexity index is 719. The maximum absolute atomic E-state index is 13.6. The van der Waals surface area contributed by atoms with Gasteiger partial charge in [-0.1, -0.05) is 28.9 Å². The molecule has 0 aliphatic carbocycles. The van der Waals surface area contributed by atoms with Crippen molar-refractivity contribution in [2.75, 3.05) is 5.32 Å². The third kappa shape index (κ3) is 3.49. The van der Waals surface area contributed by atoms with Crippen molar-refractivity contribution in [3.05, 3.63) is 64.4 Å². The molecule has 21 heavy (non-hydrogen) atoms. The molecule has 0 saturated heterocycles. The van der Waals surface area contributed by atoms with Crippen molar-refractivity contribution in [3.8, 4) is 0 Å². The third-order valence-corrected chi connectivity index (χ3v) is 2.94. The first kappa shape index (κ1) is 14.8. The van der Waals surface area contributed by atoms with Gasteiger partial charge in [0.05, 0.1) is 5.69 Å². The van der Waals surface area contributed by atoms with E-state index in [0.717, 1.165) is 6.07 Å². The predicted octanol–water partition coefficient (Wildman–Crippen LogP) is 2.83. The van der Waals surface area contributed by atoms with E-state index in [1.54, 1.807) is 12.1 Å². The van der Waals surface area contributed by atoms with E-state index in [1.807, 2.05) is 0 Å². The van der Waals surface area contributed by atoms with Gasteiger partial charge in [-0.25, -0.2) is 4.39 Å². The number of nitrogens with zero attached hydrogens (tertiary/aromatic N) is 1. The number of hydrogen-bond donors (Lipinski definition) is 3. The van der Waals surface area contributed by atoms with Gasteiger partial charge < -0.3 is 16.3 Å². The Morgan fingerprint density at radius 3 is 2.67 bits per heavy atom. The fourth-order valence-electron chi connectivity index (χ4n) is 1.67. The van der Waals surface area contributed by atoms with E-state index in [0.29, 0.717) is 10.6 Å². The van der Waals surface area contributed by atoms with Gasteiger partial charge >= 0.3 is 0 Å². The molecule has 0 aliphatic rings. The molecule has 5 nitrogen and oxygen atoms in total. The molecule has 1 amide bonds. The smallest absolute Gasteiger partial charge is 0.255 e. The number of carbonyl (C=O) groups is 1. The topological polar surface area (TPSA) is 87.7 Å². The summed E-state index contributed by atoms with van der Waals surface area (Å²) in [5.41, 5.74) is 6.03. The van der Waals surface area contributed by atoms with Crippen LogP contribution in [0.15, 0.2) is 47.6 Å². The van der Waals surface area contributed by atoms with Crippen LogP contribution in [0.2, 0.25) is 5.02 Å². The summed E-state index contributed by atoms with van der Waals surface area (Å²) in [6, 6.07) is 9.93. The summed E-state index contributed by atoms with van der Waals surface area (Å²) in [4.78, 5) is 12.1. The van der Waals surface area contributed by atoms with Gasteiger partial charge in [0.15, 0.2) is 5.84 Å². The van der Waals surface area contributed by atoms with Gasteiger partial charge in [-0.3, -0.25) is 4.79 Å². The van der Waals surface area contributed by atoms with Crippen molar-refractivity contribution in [2.24, 2.45) is 10.9 Å². The highest BCUT2D eigenvalue weighted by Gasteiger charge is 2.11. The number of anilines is 1. The number of oxime groups is 1. The molecule has 2 aromatic rings. The first-order chi connectivity index (χ1) is 10.0. The van der Waals surface area contributed by atoms with E-state index in [-0.39, 0.29) is 17.1 Å². The van der Waals surface area contributed by atoms with Crippen LogP contribution in [0.3, 0.4) is 0 Å². The van der Waals surface area contributed by atoms with Gasteiger partial charge in [-0.2, -0.15) is 0 Å². The van der Waals surface area contributed by atoms with Gasteiger partial charge in [0.25, 0.3) is 5.91 Å². The molecule has 7 heteroatoms. The Balaban J connectivity index is 2.26. The molecular formula is C14H11ClFN3O2. The number of rotatable bonds is 3. The quantitative estimate of drug-likeness (QED) is 0.352. The highest BCUT2D eigenvalue weighted by atomic mass is 35.5. The zero-order valence-corrected chi connectivity index (χ0v) is 11.4. The Hall–Kier alpha value is -2.60. The van der Waals surface area contributed by atoms with Crippen LogP contribution < -0.4 is 11.1 Å². The molecule has 0 radical (unpaired) electrons. The van der Waals surface area contributed by atoms with Gasteiger partial charge in [0, 0.05) is 16.1 Å². The summed E-state index contributed by atoms with van der Waals surface area (Å²) in [6.07, 6.45) is 0. The number of carbonyl (C=O) groups excluding carboxylic acids is 1. The van der Waals surface area contributed by atoms with E-state index in [9.17, 15) is 9.18 Å². The Morgan fingerprint density at radius 2 is 1.95 bits per heavy atom. The molecular weight excluding hydrogens is 297 g/mol. The molecule has 0 atom stereocenters. The normalized spacial score (nSPS) is 11.2. The van der Waals surface area contributed by atoms with E-state index < -0.39 is 11.7 Å². The van der Waals surface area contributed by atoms with Crippen LogP contribution in [-0.4, -0.2) is 17.0 Å². The van der Waals surface area contributed by atoms with Crippen molar-refractivity contribution in [1.82, 2.24) is 0 Å². The van der Waals surface area contributed by atoms with Crippen molar-refractivity contribution in [1.29, 1.82) is 0 Å². The summed E-state index contributed by atoms with van der Waals surface area (Å²) in [7, 11) is 0. The number of nitrogens with two attached hydrogens (primary N) is 1. The third-order valence-electron chi connectivity index (χ3n) is 2.70. The second kappa shape index (κ2) is 6.23. The number of amidine groups is 1. The fraction of sp³-hybridized carbons (Fsp3) is 0. The summed E-state index contributed by atoms with van der Waals surface area (Å²) in [5, 5.41) is 14.2. The molecule has 2 rings (SSSR count). The standard InChI is InChI=1S/C14H11ClFN3O2/c15-10-4-5-11(16)12(7-10)18-14(20)9-3-1-2-8(6-9)13(17)19-21/h1-7,21H,(H2,17,19)(H,18,20). The van der Waals surface area contributed by atoms with Crippen LogP contribution in [0.5, 0.6) is 0 Å². The van der Waals surface area contributed by atoms with Crippen LogP contribution in [-0.2, 0) is 0 Å². The molecule has 0 aliphatic heterocycles. The highest BCUT2D eigenvalue weighted by Crippen LogP contribution is 2.20. The van der Waals surface area contributed by atoms with Gasteiger partial charge in [0.1, 0.15) is 5.82 Å². The lowest BCUT2D eigenvalue weighted by Crippen LogP contribution is -2.16. The molecule has 0 fully saturated rings. The minimum absolute atomic E-state index is 0.0262. The van der Waals surface area contributed by atoms with Crippen LogP contribution >= 0.6 is 11.6 Å². The average Bonchev–Trinajstić information content (AvgIpc) is 2.50. The molecule has 0 saturated carbocycles. The second-order valence-corrected chi connectivity index (χ2v) is 4.58. The molecule has 0 unspecified atom stereocenters.